The van der Waals surface area contributed by atoms with E-state index in [1.54, 1.807) is 25.8 Å². The van der Waals surface area contributed by atoms with E-state index in [2.05, 4.69) is 39.0 Å². The van der Waals surface area contributed by atoms with Gasteiger partial charge in [0, 0.05) is 37.7 Å². The standard InChI is InChI=1S/C15H15N5O.C14H12ClN5.CH4O.CH3O.Na/c1-9-11(7-16-8-17-9)14-18-12-5-6-13(21-2)19-15(12)20(14)10-3-4-10;1-8-10(6-16-7-17-8)13-18-11-4-5-12(15)19-14(11)20(13)9-2-3-9;2*1-2;/h5-8,10H,3-4H2,1-2H3;4-7,9H,2-3H2,1H3;2H,1H3;1H3;/q;;;-1;+1. The van der Waals surface area contributed by atoms with Gasteiger partial charge in [0.15, 0.2) is 11.3 Å². The average molecular weight is 653 g/mol. The van der Waals surface area contributed by atoms with Crippen molar-refractivity contribution < 1.29 is 44.5 Å². The van der Waals surface area contributed by atoms with Gasteiger partial charge in [0.1, 0.15) is 40.5 Å². The Balaban J connectivity index is 0.000000185. The van der Waals surface area contributed by atoms with Crippen LogP contribution in [-0.4, -0.2) is 75.4 Å². The number of aromatic nitrogens is 10. The van der Waals surface area contributed by atoms with Crippen LogP contribution < -0.4 is 39.4 Å². The van der Waals surface area contributed by atoms with Crippen LogP contribution in [-0.2, 0) is 0 Å². The third-order valence-electron chi connectivity index (χ3n) is 7.35. The fourth-order valence-electron chi connectivity index (χ4n) is 4.98. The summed E-state index contributed by atoms with van der Waals surface area (Å²) in [5.74, 6) is 2.39. The van der Waals surface area contributed by atoms with Crippen molar-refractivity contribution in [3.05, 3.63) is 65.9 Å². The average Bonchev–Trinajstić information content (AvgIpc) is 4.02. The molecule has 0 aromatic carbocycles. The van der Waals surface area contributed by atoms with Crippen LogP contribution in [0, 0.1) is 13.8 Å². The van der Waals surface area contributed by atoms with E-state index in [-0.39, 0.29) is 29.6 Å². The minimum atomic E-state index is 0. The Morgan fingerprint density at radius 1 is 0.739 bits per heavy atom. The van der Waals surface area contributed by atoms with Crippen LogP contribution in [0.3, 0.4) is 0 Å². The van der Waals surface area contributed by atoms with Crippen molar-refractivity contribution in [2.24, 2.45) is 0 Å². The van der Waals surface area contributed by atoms with Crippen molar-refractivity contribution >= 4 is 33.9 Å². The molecule has 0 unspecified atom stereocenters. The second kappa shape index (κ2) is 15.8. The first kappa shape index (κ1) is 35.3. The summed E-state index contributed by atoms with van der Waals surface area (Å²) < 4.78 is 9.61. The molecule has 6 heterocycles. The largest absolute Gasteiger partial charge is 1.00 e. The Labute approximate surface area is 293 Å². The number of pyridine rings is 2. The van der Waals surface area contributed by atoms with Crippen molar-refractivity contribution in [3.8, 4) is 28.7 Å². The summed E-state index contributed by atoms with van der Waals surface area (Å²) in [6, 6.07) is 8.39. The van der Waals surface area contributed by atoms with Gasteiger partial charge in [-0.25, -0.2) is 34.9 Å². The molecular weight excluding hydrogens is 619 g/mol. The molecule has 0 amide bonds. The van der Waals surface area contributed by atoms with Gasteiger partial charge in [-0.2, -0.15) is 12.1 Å². The number of aryl methyl sites for hydroxylation is 2. The fraction of sp³-hybridized carbons (Fsp3) is 0.355. The fourth-order valence-corrected chi connectivity index (χ4v) is 5.12. The third-order valence-corrected chi connectivity index (χ3v) is 7.56. The van der Waals surface area contributed by atoms with Gasteiger partial charge < -0.3 is 24.1 Å². The van der Waals surface area contributed by atoms with E-state index in [0.717, 1.165) is 96.4 Å². The SMILES string of the molecule is CO.COc1ccc2nc(-c3cncnc3C)n(C3CC3)c2n1.C[O-].Cc1ncncc1-c1nc2ccc(Cl)nc2n1C1CC1.[Na+]. The van der Waals surface area contributed by atoms with Crippen LogP contribution in [0.5, 0.6) is 5.88 Å². The van der Waals surface area contributed by atoms with Crippen molar-refractivity contribution in [2.75, 3.05) is 21.3 Å². The summed E-state index contributed by atoms with van der Waals surface area (Å²) in [5, 5.41) is 15.7. The third kappa shape index (κ3) is 7.35. The summed E-state index contributed by atoms with van der Waals surface area (Å²) in [6.07, 6.45) is 11.4. The summed E-state index contributed by atoms with van der Waals surface area (Å²) in [5.41, 5.74) is 7.21. The molecule has 6 aromatic heterocycles. The maximum atomic E-state index is 8.25. The molecule has 2 fully saturated rings. The smallest absolute Gasteiger partial charge is 0.857 e. The number of fused-ring (bicyclic) bond motifs is 2. The number of methoxy groups -OCH3 is 1. The quantitative estimate of drug-likeness (QED) is 0.211. The van der Waals surface area contributed by atoms with Crippen molar-refractivity contribution in [3.63, 3.8) is 0 Å². The second-order valence-electron chi connectivity index (χ2n) is 10.3. The molecule has 13 nitrogen and oxygen atoms in total. The first-order valence-corrected chi connectivity index (χ1v) is 14.8. The number of imidazole rings is 2. The molecule has 0 atom stereocenters. The maximum absolute atomic E-state index is 8.25. The van der Waals surface area contributed by atoms with Crippen LogP contribution in [0.25, 0.3) is 45.1 Å². The minimum absolute atomic E-state index is 0. The number of ether oxygens (including phenoxy) is 1. The van der Waals surface area contributed by atoms with Crippen LogP contribution in [0.1, 0.15) is 49.2 Å². The monoisotopic (exact) mass is 652 g/mol. The molecule has 2 saturated carbocycles. The van der Waals surface area contributed by atoms with Crippen molar-refractivity contribution in [1.29, 1.82) is 0 Å². The zero-order chi connectivity index (χ0) is 32.1. The van der Waals surface area contributed by atoms with Gasteiger partial charge in [-0.15, -0.1) is 0 Å². The normalized spacial score (nSPS) is 13.4. The van der Waals surface area contributed by atoms with Gasteiger partial charge in [-0.05, 0) is 57.7 Å². The molecular formula is C31H34ClN10NaO3. The van der Waals surface area contributed by atoms with E-state index in [1.807, 2.05) is 44.4 Å². The second-order valence-corrected chi connectivity index (χ2v) is 10.7. The van der Waals surface area contributed by atoms with Gasteiger partial charge in [-0.1, -0.05) is 11.6 Å². The summed E-state index contributed by atoms with van der Waals surface area (Å²) in [6.45, 7) is 3.94. The van der Waals surface area contributed by atoms with E-state index in [4.69, 9.17) is 36.5 Å². The molecule has 0 bridgehead atoms. The van der Waals surface area contributed by atoms with E-state index in [1.165, 1.54) is 0 Å². The van der Waals surface area contributed by atoms with E-state index >= 15 is 0 Å². The number of nitrogens with zero attached hydrogens (tertiary/aromatic N) is 10. The van der Waals surface area contributed by atoms with Crippen molar-refractivity contribution in [1.82, 2.24) is 49.0 Å². The summed E-state index contributed by atoms with van der Waals surface area (Å²) >= 11 is 6.03. The van der Waals surface area contributed by atoms with Gasteiger partial charge in [-0.3, -0.25) is 0 Å². The topological polar surface area (TPSA) is 166 Å². The Hall–Kier alpha value is -3.59. The molecule has 0 spiro atoms. The Morgan fingerprint density at radius 3 is 1.63 bits per heavy atom. The number of hydrogen-bond donors (Lipinski definition) is 1. The molecule has 0 radical (unpaired) electrons. The van der Waals surface area contributed by atoms with Gasteiger partial charge in [0.25, 0.3) is 0 Å². The Kier molecular flexibility index (Phi) is 12.1. The Bertz CT molecular complexity index is 1920. The number of hydrogen-bond acceptors (Lipinski definition) is 11. The predicted molar refractivity (Wildman–Crippen MR) is 169 cm³/mol. The predicted octanol–water partition coefficient (Wildman–Crippen LogP) is 1.31. The van der Waals surface area contributed by atoms with Gasteiger partial charge >= 0.3 is 29.6 Å². The molecule has 1 N–H and O–H groups in total. The first-order chi connectivity index (χ1) is 22.0. The summed E-state index contributed by atoms with van der Waals surface area (Å²) in [7, 11) is 3.38. The van der Waals surface area contributed by atoms with Crippen LogP contribution >= 0.6 is 11.6 Å². The molecule has 2 aliphatic rings. The van der Waals surface area contributed by atoms with Gasteiger partial charge in [0.2, 0.25) is 5.88 Å². The summed E-state index contributed by atoms with van der Waals surface area (Å²) in [4.78, 5) is 35.2. The molecule has 0 saturated heterocycles. The van der Waals surface area contributed by atoms with Crippen molar-refractivity contribution in [2.45, 2.75) is 51.6 Å². The molecule has 234 valence electrons. The molecule has 15 heteroatoms. The number of aliphatic hydroxyl groups is 1. The van der Waals surface area contributed by atoms with Crippen LogP contribution in [0.4, 0.5) is 0 Å². The Morgan fingerprint density at radius 2 is 1.20 bits per heavy atom. The molecule has 8 rings (SSSR count). The van der Waals surface area contributed by atoms with E-state index < -0.39 is 0 Å². The molecule has 2 aliphatic carbocycles. The number of aliphatic hydroxyl groups excluding tert-OH is 1. The molecule has 0 aliphatic heterocycles. The van der Waals surface area contributed by atoms with E-state index in [9.17, 15) is 0 Å². The molecule has 46 heavy (non-hydrogen) atoms. The zero-order valence-corrected chi connectivity index (χ0v) is 29.5. The number of halogens is 1. The first-order valence-electron chi connectivity index (χ1n) is 14.4. The molecule has 6 aromatic rings. The van der Waals surface area contributed by atoms with Crippen LogP contribution in [0.15, 0.2) is 49.3 Å². The number of rotatable bonds is 5. The zero-order valence-electron chi connectivity index (χ0n) is 26.7. The van der Waals surface area contributed by atoms with Crippen LogP contribution in [0.2, 0.25) is 5.15 Å². The maximum Gasteiger partial charge on any atom is 1.00 e. The van der Waals surface area contributed by atoms with E-state index in [0.29, 0.717) is 23.1 Å². The minimum Gasteiger partial charge on any atom is -0.857 e. The van der Waals surface area contributed by atoms with Gasteiger partial charge in [0.05, 0.1) is 29.6 Å².